The molecule has 1 saturated heterocycles. The summed E-state index contributed by atoms with van der Waals surface area (Å²) >= 11 is 0. The van der Waals surface area contributed by atoms with Crippen LogP contribution in [0.25, 0.3) is 0 Å². The van der Waals surface area contributed by atoms with Gasteiger partial charge in [0, 0.05) is 50.8 Å². The lowest BCUT2D eigenvalue weighted by Gasteiger charge is -2.42. The van der Waals surface area contributed by atoms with E-state index in [0.29, 0.717) is 11.6 Å². The average molecular weight is 284 g/mol. The lowest BCUT2D eigenvalue weighted by molar-refractivity contribution is 0.0625. The molecule has 0 aromatic rings. The third-order valence-electron chi connectivity index (χ3n) is 4.48. The normalized spacial score (nSPS) is 20.2. The summed E-state index contributed by atoms with van der Waals surface area (Å²) in [5.41, 5.74) is 0.331. The molecule has 0 amide bonds. The molecule has 20 heavy (non-hydrogen) atoms. The van der Waals surface area contributed by atoms with Crippen molar-refractivity contribution in [3.8, 4) is 0 Å². The Morgan fingerprint density at radius 3 is 2.25 bits per heavy atom. The quantitative estimate of drug-likeness (QED) is 0.691. The zero-order valence-corrected chi connectivity index (χ0v) is 14.5. The number of hydrogen-bond donors (Lipinski definition) is 1. The summed E-state index contributed by atoms with van der Waals surface area (Å²) in [5, 5.41) is 3.67. The lowest BCUT2D eigenvalue weighted by Crippen LogP contribution is -2.54. The summed E-state index contributed by atoms with van der Waals surface area (Å²) in [7, 11) is 0. The molecule has 1 N–H and O–H groups in total. The molecule has 0 aromatic heterocycles. The van der Waals surface area contributed by atoms with Crippen molar-refractivity contribution in [2.24, 2.45) is 0 Å². The molecule has 0 aliphatic carbocycles. The van der Waals surface area contributed by atoms with Gasteiger partial charge in [-0.2, -0.15) is 0 Å². The highest BCUT2D eigenvalue weighted by molar-refractivity contribution is 4.82. The molecule has 1 rings (SSSR count). The molecular weight excluding hydrogens is 246 g/mol. The van der Waals surface area contributed by atoms with Crippen LogP contribution in [0.5, 0.6) is 0 Å². The van der Waals surface area contributed by atoms with Crippen molar-refractivity contribution < 1.29 is 0 Å². The summed E-state index contributed by atoms with van der Waals surface area (Å²) in [5.74, 6) is 0. The Kier molecular flexibility index (Phi) is 8.08. The van der Waals surface area contributed by atoms with Crippen LogP contribution in [0.1, 0.15) is 60.3 Å². The van der Waals surface area contributed by atoms with Gasteiger partial charge in [0.1, 0.15) is 0 Å². The molecule has 3 nitrogen and oxygen atoms in total. The minimum absolute atomic E-state index is 0.331. The number of nitrogens with zero attached hydrogens (tertiary/aromatic N) is 2. The van der Waals surface area contributed by atoms with Gasteiger partial charge >= 0.3 is 0 Å². The van der Waals surface area contributed by atoms with Gasteiger partial charge in [-0.15, -0.1) is 0 Å². The predicted octanol–water partition coefficient (Wildman–Crippen LogP) is 2.96. The van der Waals surface area contributed by atoms with Crippen LogP contribution in [0.4, 0.5) is 0 Å². The Balaban J connectivity index is 2.07. The van der Waals surface area contributed by atoms with E-state index in [1.54, 1.807) is 0 Å². The Bertz CT molecular complexity index is 239. The van der Waals surface area contributed by atoms with Gasteiger partial charge in [0.25, 0.3) is 0 Å². The Hall–Kier alpha value is -0.120. The molecule has 0 aromatic carbocycles. The molecule has 1 atom stereocenters. The highest BCUT2D eigenvalue weighted by Crippen LogP contribution is 2.15. The van der Waals surface area contributed by atoms with Crippen molar-refractivity contribution >= 4 is 0 Å². The van der Waals surface area contributed by atoms with Crippen LogP contribution in [-0.4, -0.2) is 60.6 Å². The third kappa shape index (κ3) is 7.05. The molecule has 3 heteroatoms. The van der Waals surface area contributed by atoms with Crippen LogP contribution in [0.3, 0.4) is 0 Å². The first kappa shape index (κ1) is 17.9. The van der Waals surface area contributed by atoms with Gasteiger partial charge in [0.2, 0.25) is 0 Å². The molecule has 1 fully saturated rings. The highest BCUT2D eigenvalue weighted by atomic mass is 15.3. The largest absolute Gasteiger partial charge is 0.313 e. The van der Waals surface area contributed by atoms with Crippen molar-refractivity contribution in [2.75, 3.05) is 39.3 Å². The van der Waals surface area contributed by atoms with E-state index in [2.05, 4.69) is 49.7 Å². The molecule has 0 spiro atoms. The Morgan fingerprint density at radius 1 is 1.05 bits per heavy atom. The zero-order chi connectivity index (χ0) is 15.0. The molecule has 0 radical (unpaired) electrons. The number of piperazine rings is 1. The van der Waals surface area contributed by atoms with E-state index in [0.717, 1.165) is 6.54 Å². The number of hydrogen-bond acceptors (Lipinski definition) is 3. The highest BCUT2D eigenvalue weighted by Gasteiger charge is 2.25. The van der Waals surface area contributed by atoms with E-state index >= 15 is 0 Å². The van der Waals surface area contributed by atoms with E-state index in [1.165, 1.54) is 58.4 Å². The summed E-state index contributed by atoms with van der Waals surface area (Å²) < 4.78 is 0. The fourth-order valence-electron chi connectivity index (χ4n) is 2.91. The van der Waals surface area contributed by atoms with Gasteiger partial charge in [-0.3, -0.25) is 9.80 Å². The van der Waals surface area contributed by atoms with E-state index in [1.807, 2.05) is 0 Å². The molecular formula is C17H37N3. The van der Waals surface area contributed by atoms with E-state index in [4.69, 9.17) is 0 Å². The summed E-state index contributed by atoms with van der Waals surface area (Å²) in [6.45, 7) is 18.8. The lowest BCUT2D eigenvalue weighted by atomic mass is 10.1. The smallest absolute Gasteiger partial charge is 0.0126 e. The first-order chi connectivity index (χ1) is 9.43. The monoisotopic (exact) mass is 283 g/mol. The van der Waals surface area contributed by atoms with Crippen LogP contribution >= 0.6 is 0 Å². The Morgan fingerprint density at radius 2 is 1.70 bits per heavy atom. The fraction of sp³-hybridized carbons (Fsp3) is 1.00. The van der Waals surface area contributed by atoms with Crippen LogP contribution in [0.2, 0.25) is 0 Å². The van der Waals surface area contributed by atoms with Crippen molar-refractivity contribution in [2.45, 2.75) is 71.9 Å². The summed E-state index contributed by atoms with van der Waals surface area (Å²) in [6.07, 6.45) is 5.39. The average Bonchev–Trinajstić information content (AvgIpc) is 2.38. The van der Waals surface area contributed by atoms with E-state index in [-0.39, 0.29) is 0 Å². The summed E-state index contributed by atoms with van der Waals surface area (Å²) in [4.78, 5) is 5.21. The number of nitrogens with one attached hydrogen (secondary N) is 1. The minimum Gasteiger partial charge on any atom is -0.313 e. The second-order valence-corrected chi connectivity index (χ2v) is 7.35. The minimum atomic E-state index is 0.331. The molecule has 1 heterocycles. The third-order valence-corrected chi connectivity index (χ3v) is 4.48. The second-order valence-electron chi connectivity index (χ2n) is 7.35. The molecule has 1 unspecified atom stereocenters. The number of rotatable bonds is 8. The van der Waals surface area contributed by atoms with Gasteiger partial charge in [-0.25, -0.2) is 0 Å². The standard InChI is InChI=1S/C17H37N3/c1-6-7-8-9-16(2)18-10-11-19-12-14-20(15-13-19)17(3,4)5/h16,18H,6-15H2,1-5H3. The van der Waals surface area contributed by atoms with Gasteiger partial charge in [-0.1, -0.05) is 26.2 Å². The maximum Gasteiger partial charge on any atom is 0.0126 e. The van der Waals surface area contributed by atoms with Crippen molar-refractivity contribution in [1.82, 2.24) is 15.1 Å². The molecule has 120 valence electrons. The molecule has 1 aliphatic rings. The number of unbranched alkanes of at least 4 members (excludes halogenated alkanes) is 2. The maximum atomic E-state index is 3.67. The van der Waals surface area contributed by atoms with Crippen molar-refractivity contribution in [3.63, 3.8) is 0 Å². The van der Waals surface area contributed by atoms with Crippen molar-refractivity contribution in [3.05, 3.63) is 0 Å². The summed E-state index contributed by atoms with van der Waals surface area (Å²) in [6, 6.07) is 0.678. The fourth-order valence-corrected chi connectivity index (χ4v) is 2.91. The van der Waals surface area contributed by atoms with Gasteiger partial charge in [0.15, 0.2) is 0 Å². The predicted molar refractivity (Wildman–Crippen MR) is 89.4 cm³/mol. The van der Waals surface area contributed by atoms with Gasteiger partial charge < -0.3 is 5.32 Å². The SMILES string of the molecule is CCCCCC(C)NCCN1CCN(C(C)(C)C)CC1. The van der Waals surface area contributed by atoms with Crippen LogP contribution in [-0.2, 0) is 0 Å². The van der Waals surface area contributed by atoms with Crippen LogP contribution in [0.15, 0.2) is 0 Å². The van der Waals surface area contributed by atoms with E-state index in [9.17, 15) is 0 Å². The second kappa shape index (κ2) is 9.01. The first-order valence-corrected chi connectivity index (χ1v) is 8.64. The zero-order valence-electron chi connectivity index (χ0n) is 14.5. The Labute approximate surface area is 127 Å². The molecule has 0 bridgehead atoms. The maximum absolute atomic E-state index is 3.67. The van der Waals surface area contributed by atoms with Gasteiger partial charge in [0.05, 0.1) is 0 Å². The van der Waals surface area contributed by atoms with Crippen LogP contribution in [0, 0.1) is 0 Å². The first-order valence-electron chi connectivity index (χ1n) is 8.64. The topological polar surface area (TPSA) is 18.5 Å². The van der Waals surface area contributed by atoms with E-state index < -0.39 is 0 Å². The molecule has 1 aliphatic heterocycles. The van der Waals surface area contributed by atoms with Crippen molar-refractivity contribution in [1.29, 1.82) is 0 Å². The molecule has 0 saturated carbocycles. The van der Waals surface area contributed by atoms with Crippen LogP contribution < -0.4 is 5.32 Å². The van der Waals surface area contributed by atoms with Gasteiger partial charge in [-0.05, 0) is 34.1 Å².